The molecule has 0 bridgehead atoms. The number of nitrogens with two attached hydrogens (primary N) is 1. The van der Waals surface area contributed by atoms with Gasteiger partial charge in [-0.2, -0.15) is 0 Å². The molecule has 8 heteroatoms. The van der Waals surface area contributed by atoms with Crippen molar-refractivity contribution in [3.63, 3.8) is 0 Å². The SMILES string of the molecule is NS(=O)(=O)C(=O)CCC=CCC1COCOC1c1ccccc1O. The van der Waals surface area contributed by atoms with E-state index in [9.17, 15) is 18.3 Å². The van der Waals surface area contributed by atoms with Gasteiger partial charge >= 0.3 is 0 Å². The monoisotopic (exact) mass is 355 g/mol. The minimum absolute atomic E-state index is 0.0113. The first-order valence-corrected chi connectivity index (χ1v) is 9.12. The normalized spacial score (nSPS) is 21.9. The summed E-state index contributed by atoms with van der Waals surface area (Å²) in [6, 6.07) is 7.00. The molecule has 132 valence electrons. The number of benzene rings is 1. The molecule has 0 amide bonds. The van der Waals surface area contributed by atoms with Gasteiger partial charge in [-0.1, -0.05) is 30.4 Å². The first-order valence-electron chi connectivity index (χ1n) is 7.57. The number of ether oxygens (including phenoxy) is 2. The van der Waals surface area contributed by atoms with Crippen molar-refractivity contribution in [1.82, 2.24) is 0 Å². The first kappa shape index (κ1) is 18.6. The molecule has 1 aliphatic rings. The van der Waals surface area contributed by atoms with Crippen molar-refractivity contribution in [2.24, 2.45) is 11.1 Å². The number of sulfonamides is 1. The quantitative estimate of drug-likeness (QED) is 0.749. The fourth-order valence-corrected chi connectivity index (χ4v) is 2.94. The third-order valence-corrected chi connectivity index (χ3v) is 4.61. The van der Waals surface area contributed by atoms with Gasteiger partial charge in [0.2, 0.25) is 0 Å². The third kappa shape index (κ3) is 5.13. The first-order chi connectivity index (χ1) is 11.4. The number of phenolic OH excluding ortho intramolecular Hbond substituents is 1. The highest BCUT2D eigenvalue weighted by Crippen LogP contribution is 2.36. The zero-order valence-corrected chi connectivity index (χ0v) is 13.9. The highest BCUT2D eigenvalue weighted by molar-refractivity contribution is 8.04. The van der Waals surface area contributed by atoms with Crippen molar-refractivity contribution in [1.29, 1.82) is 0 Å². The molecule has 2 rings (SSSR count). The Bertz CT molecular complexity index is 700. The topological polar surface area (TPSA) is 116 Å². The van der Waals surface area contributed by atoms with Crippen LogP contribution >= 0.6 is 0 Å². The molecule has 1 fully saturated rings. The van der Waals surface area contributed by atoms with E-state index in [0.717, 1.165) is 0 Å². The molecule has 0 aliphatic carbocycles. The summed E-state index contributed by atoms with van der Waals surface area (Å²) in [7, 11) is -4.10. The summed E-state index contributed by atoms with van der Waals surface area (Å²) in [6.07, 6.45) is 4.07. The van der Waals surface area contributed by atoms with Crippen LogP contribution < -0.4 is 5.14 Å². The molecule has 2 unspecified atom stereocenters. The van der Waals surface area contributed by atoms with Crippen molar-refractivity contribution in [3.05, 3.63) is 42.0 Å². The molecule has 1 heterocycles. The van der Waals surface area contributed by atoms with Crippen molar-refractivity contribution in [3.8, 4) is 5.75 Å². The summed E-state index contributed by atoms with van der Waals surface area (Å²) in [5, 5.41) is 13.8. The van der Waals surface area contributed by atoms with E-state index in [2.05, 4.69) is 0 Å². The van der Waals surface area contributed by atoms with E-state index in [1.165, 1.54) is 0 Å². The van der Waals surface area contributed by atoms with Crippen LogP contribution in [0.25, 0.3) is 0 Å². The lowest BCUT2D eigenvalue weighted by atomic mass is 9.92. The third-order valence-electron chi connectivity index (χ3n) is 3.77. The van der Waals surface area contributed by atoms with E-state index in [1.54, 1.807) is 18.2 Å². The zero-order valence-electron chi connectivity index (χ0n) is 13.1. The zero-order chi connectivity index (χ0) is 17.6. The summed E-state index contributed by atoms with van der Waals surface area (Å²) in [5.41, 5.74) is 0.712. The van der Waals surface area contributed by atoms with Gasteiger partial charge < -0.3 is 14.6 Å². The average molecular weight is 355 g/mol. The molecule has 1 aromatic rings. The maximum Gasteiger partial charge on any atom is 0.271 e. The Labute approximate surface area is 141 Å². The predicted octanol–water partition coefficient (Wildman–Crippen LogP) is 1.60. The summed E-state index contributed by atoms with van der Waals surface area (Å²) >= 11 is 0. The number of para-hydroxylation sites is 1. The second-order valence-electron chi connectivity index (χ2n) is 5.56. The number of allylic oxidation sites excluding steroid dienone is 2. The van der Waals surface area contributed by atoms with Crippen LogP contribution in [-0.4, -0.2) is 32.0 Å². The van der Waals surface area contributed by atoms with Gasteiger partial charge in [-0.3, -0.25) is 4.79 Å². The molecule has 0 radical (unpaired) electrons. The molecule has 1 aromatic carbocycles. The maximum absolute atomic E-state index is 11.2. The van der Waals surface area contributed by atoms with Gasteiger partial charge in [0.1, 0.15) is 12.5 Å². The fourth-order valence-electron chi connectivity index (χ4n) is 2.54. The van der Waals surface area contributed by atoms with E-state index >= 15 is 0 Å². The minimum atomic E-state index is -4.10. The molecule has 3 N–H and O–H groups in total. The second kappa shape index (κ2) is 8.39. The lowest BCUT2D eigenvalue weighted by molar-refractivity contribution is -0.172. The molecular formula is C16H21NO6S. The second-order valence-corrected chi connectivity index (χ2v) is 7.10. The molecule has 0 saturated carbocycles. The van der Waals surface area contributed by atoms with Crippen LogP contribution in [0.15, 0.2) is 36.4 Å². The Morgan fingerprint density at radius 2 is 2.08 bits per heavy atom. The smallest absolute Gasteiger partial charge is 0.271 e. The lowest BCUT2D eigenvalue weighted by Gasteiger charge is -2.31. The van der Waals surface area contributed by atoms with E-state index in [4.69, 9.17) is 14.6 Å². The van der Waals surface area contributed by atoms with E-state index < -0.39 is 15.1 Å². The van der Waals surface area contributed by atoms with E-state index in [0.29, 0.717) is 25.0 Å². The number of aromatic hydroxyl groups is 1. The van der Waals surface area contributed by atoms with Crippen LogP contribution in [0.5, 0.6) is 5.75 Å². The largest absolute Gasteiger partial charge is 0.508 e. The molecule has 1 aliphatic heterocycles. The standard InChI is InChI=1S/C16H21NO6S/c17-24(20,21)15(19)9-3-1-2-6-12-10-22-11-23-16(12)13-7-4-5-8-14(13)18/h1-2,4-5,7-8,12,16,18H,3,6,9-11H2,(H2,17,20,21). The van der Waals surface area contributed by atoms with Crippen molar-refractivity contribution < 1.29 is 27.8 Å². The van der Waals surface area contributed by atoms with E-state index in [1.807, 2.05) is 18.2 Å². The number of phenols is 1. The van der Waals surface area contributed by atoms with Gasteiger partial charge in [-0.25, -0.2) is 13.6 Å². The number of rotatable bonds is 6. The van der Waals surface area contributed by atoms with Crippen LogP contribution in [0.4, 0.5) is 0 Å². The van der Waals surface area contributed by atoms with Gasteiger partial charge in [0.15, 0.2) is 0 Å². The Morgan fingerprint density at radius 3 is 2.79 bits per heavy atom. The molecular weight excluding hydrogens is 334 g/mol. The van der Waals surface area contributed by atoms with Gasteiger partial charge in [0, 0.05) is 17.9 Å². The number of carbonyl (C=O) groups excluding carboxylic acids is 1. The van der Waals surface area contributed by atoms with Crippen LogP contribution in [0.1, 0.15) is 30.9 Å². The molecule has 24 heavy (non-hydrogen) atoms. The van der Waals surface area contributed by atoms with Gasteiger partial charge in [0.05, 0.1) is 12.7 Å². The Hall–Kier alpha value is -1.74. The summed E-state index contributed by atoms with van der Waals surface area (Å²) < 4.78 is 32.6. The van der Waals surface area contributed by atoms with E-state index in [-0.39, 0.29) is 31.0 Å². The maximum atomic E-state index is 11.2. The molecule has 0 aromatic heterocycles. The van der Waals surface area contributed by atoms with Gasteiger partial charge in [-0.15, -0.1) is 0 Å². The van der Waals surface area contributed by atoms with Crippen molar-refractivity contribution >= 4 is 15.1 Å². The number of hydrogen-bond acceptors (Lipinski definition) is 6. The van der Waals surface area contributed by atoms with Crippen LogP contribution in [0.2, 0.25) is 0 Å². The minimum Gasteiger partial charge on any atom is -0.508 e. The molecule has 1 saturated heterocycles. The average Bonchev–Trinajstić information content (AvgIpc) is 2.54. The van der Waals surface area contributed by atoms with Crippen LogP contribution in [0, 0.1) is 5.92 Å². The van der Waals surface area contributed by atoms with Crippen LogP contribution in [0.3, 0.4) is 0 Å². The molecule has 0 spiro atoms. The fraction of sp³-hybridized carbons (Fsp3) is 0.438. The Morgan fingerprint density at radius 1 is 1.33 bits per heavy atom. The summed E-state index contributed by atoms with van der Waals surface area (Å²) in [4.78, 5) is 11.2. The Balaban J connectivity index is 1.91. The highest BCUT2D eigenvalue weighted by atomic mass is 32.2. The predicted molar refractivity (Wildman–Crippen MR) is 87.3 cm³/mol. The summed E-state index contributed by atoms with van der Waals surface area (Å²) in [5.74, 6) is 0.189. The van der Waals surface area contributed by atoms with Crippen LogP contribution in [-0.2, 0) is 24.3 Å². The van der Waals surface area contributed by atoms with Gasteiger partial charge in [-0.05, 0) is 18.9 Å². The Kier molecular flexibility index (Phi) is 6.50. The van der Waals surface area contributed by atoms with Gasteiger partial charge in [0.25, 0.3) is 15.1 Å². The number of primary sulfonamides is 1. The number of carbonyl (C=O) groups is 1. The molecule has 7 nitrogen and oxygen atoms in total. The number of hydrogen-bond donors (Lipinski definition) is 2. The summed E-state index contributed by atoms with van der Waals surface area (Å²) in [6.45, 7) is 0.654. The lowest BCUT2D eigenvalue weighted by Crippen LogP contribution is -2.27. The van der Waals surface area contributed by atoms with Crippen molar-refractivity contribution in [2.45, 2.75) is 25.4 Å². The van der Waals surface area contributed by atoms with Crippen molar-refractivity contribution in [2.75, 3.05) is 13.4 Å². The highest BCUT2D eigenvalue weighted by Gasteiger charge is 2.29. The molecule has 2 atom stereocenters.